The highest BCUT2D eigenvalue weighted by atomic mass is 79.9. The van der Waals surface area contributed by atoms with Gasteiger partial charge in [-0.1, -0.05) is 33.8 Å². The number of benzene rings is 2. The number of anilines is 1. The summed E-state index contributed by atoms with van der Waals surface area (Å²) in [5, 5.41) is 23.7. The number of fused-ring (bicyclic) bond motifs is 1. The molecule has 0 spiro atoms. The molecular formula is C21H18BrN5O4S. The quantitative estimate of drug-likeness (QED) is 0.198. The lowest BCUT2D eigenvalue weighted by Crippen LogP contribution is -2.15. The molecule has 0 aliphatic carbocycles. The fraction of sp³-hybridized carbons (Fsp3) is 0.190. The number of halogens is 1. The van der Waals surface area contributed by atoms with Crippen LogP contribution in [0.5, 0.6) is 0 Å². The molecule has 9 nitrogen and oxygen atoms in total. The number of nitro groups is 1. The predicted molar refractivity (Wildman–Crippen MR) is 126 cm³/mol. The average Bonchev–Trinajstić information content (AvgIpc) is 3.36. The molecular weight excluding hydrogens is 498 g/mol. The minimum Gasteiger partial charge on any atom is -0.453 e. The maximum Gasteiger partial charge on any atom is 0.271 e. The van der Waals surface area contributed by atoms with Crippen LogP contribution in [0, 0.1) is 17.0 Å². The van der Waals surface area contributed by atoms with Gasteiger partial charge >= 0.3 is 0 Å². The van der Waals surface area contributed by atoms with E-state index in [4.69, 9.17) is 4.42 Å². The number of aryl methyl sites for hydroxylation is 1. The van der Waals surface area contributed by atoms with Crippen molar-refractivity contribution in [2.75, 3.05) is 11.1 Å². The van der Waals surface area contributed by atoms with Crippen LogP contribution in [0.4, 0.5) is 11.4 Å². The molecule has 4 aromatic rings. The molecule has 0 radical (unpaired) electrons. The number of furan rings is 1. The summed E-state index contributed by atoms with van der Waals surface area (Å²) >= 11 is 4.69. The first-order chi connectivity index (χ1) is 15.4. The summed E-state index contributed by atoms with van der Waals surface area (Å²) in [6.07, 6.45) is 0. The Bertz CT molecular complexity index is 1330. The van der Waals surface area contributed by atoms with Gasteiger partial charge in [0.1, 0.15) is 5.58 Å². The molecule has 1 N–H and O–H groups in total. The van der Waals surface area contributed by atoms with Crippen LogP contribution >= 0.6 is 27.7 Å². The van der Waals surface area contributed by atoms with Crippen LogP contribution in [0.3, 0.4) is 0 Å². The lowest BCUT2D eigenvalue weighted by atomic mass is 10.2. The first kappa shape index (κ1) is 22.0. The van der Waals surface area contributed by atoms with Crippen LogP contribution < -0.4 is 5.32 Å². The number of carbonyl (C=O) groups is 1. The summed E-state index contributed by atoms with van der Waals surface area (Å²) in [4.78, 5) is 23.0. The zero-order valence-corrected chi connectivity index (χ0v) is 19.6. The maximum absolute atomic E-state index is 12.5. The van der Waals surface area contributed by atoms with Gasteiger partial charge in [-0.15, -0.1) is 10.2 Å². The number of nitro benzene ring substituents is 1. The minimum atomic E-state index is -0.494. The molecule has 0 fully saturated rings. The normalized spacial score (nSPS) is 11.1. The Morgan fingerprint density at radius 1 is 1.25 bits per heavy atom. The van der Waals surface area contributed by atoms with E-state index >= 15 is 0 Å². The van der Waals surface area contributed by atoms with Crippen molar-refractivity contribution in [3.8, 4) is 11.6 Å². The Morgan fingerprint density at radius 3 is 2.81 bits per heavy atom. The summed E-state index contributed by atoms with van der Waals surface area (Å²) in [6, 6.07) is 12.0. The van der Waals surface area contributed by atoms with Gasteiger partial charge in [-0.3, -0.25) is 19.5 Å². The molecule has 164 valence electrons. The summed E-state index contributed by atoms with van der Waals surface area (Å²) in [7, 11) is 0. The summed E-state index contributed by atoms with van der Waals surface area (Å²) in [5.41, 5.74) is 1.82. The topological polar surface area (TPSA) is 116 Å². The first-order valence-corrected chi connectivity index (χ1v) is 11.4. The number of rotatable bonds is 7. The second-order valence-electron chi connectivity index (χ2n) is 6.94. The van der Waals surface area contributed by atoms with Crippen LogP contribution in [0.1, 0.15) is 12.5 Å². The SMILES string of the molecule is CCn1c(SCC(=O)Nc2cc([N+](=O)[O-])ccc2C)nnc1-c1cc2cc(Br)ccc2o1. The Labute approximate surface area is 195 Å². The van der Waals surface area contributed by atoms with Gasteiger partial charge in [-0.2, -0.15) is 0 Å². The Kier molecular flexibility index (Phi) is 6.28. The second-order valence-corrected chi connectivity index (χ2v) is 8.79. The van der Waals surface area contributed by atoms with Crippen LogP contribution in [0.15, 0.2) is 56.5 Å². The van der Waals surface area contributed by atoms with Gasteiger partial charge in [-0.05, 0) is 43.7 Å². The molecule has 0 bridgehead atoms. The van der Waals surface area contributed by atoms with E-state index in [2.05, 4.69) is 31.4 Å². The molecule has 0 atom stereocenters. The highest BCUT2D eigenvalue weighted by molar-refractivity contribution is 9.10. The van der Waals surface area contributed by atoms with Crippen molar-refractivity contribution in [3.05, 3.63) is 62.6 Å². The van der Waals surface area contributed by atoms with E-state index < -0.39 is 4.92 Å². The third-order valence-corrected chi connectivity index (χ3v) is 6.23. The smallest absolute Gasteiger partial charge is 0.271 e. The van der Waals surface area contributed by atoms with E-state index in [1.54, 1.807) is 13.0 Å². The van der Waals surface area contributed by atoms with Crippen molar-refractivity contribution in [1.82, 2.24) is 14.8 Å². The van der Waals surface area contributed by atoms with Gasteiger partial charge in [0.2, 0.25) is 11.7 Å². The third-order valence-electron chi connectivity index (χ3n) is 4.77. The van der Waals surface area contributed by atoms with Crippen molar-refractivity contribution in [2.45, 2.75) is 25.5 Å². The Hall–Kier alpha value is -3.18. The maximum atomic E-state index is 12.5. The average molecular weight is 516 g/mol. The molecule has 32 heavy (non-hydrogen) atoms. The molecule has 0 unspecified atom stereocenters. The fourth-order valence-corrected chi connectivity index (χ4v) is 4.34. The number of hydrogen-bond acceptors (Lipinski definition) is 7. The molecule has 0 aliphatic heterocycles. The standard InChI is InChI=1S/C21H18BrN5O4S/c1-3-26-20(18-9-13-8-14(22)5-7-17(13)31-18)24-25-21(26)32-11-19(28)23-16-10-15(27(29)30)6-4-12(16)2/h4-10H,3,11H2,1-2H3,(H,23,28). The monoisotopic (exact) mass is 515 g/mol. The summed E-state index contributed by atoms with van der Waals surface area (Å²) in [5.74, 6) is 0.959. The molecule has 1 amide bonds. The van der Waals surface area contributed by atoms with Crippen molar-refractivity contribution in [3.63, 3.8) is 0 Å². The predicted octanol–water partition coefficient (Wildman–Crippen LogP) is 5.42. The van der Waals surface area contributed by atoms with E-state index in [-0.39, 0.29) is 17.3 Å². The minimum absolute atomic E-state index is 0.0767. The molecule has 4 rings (SSSR count). The van der Waals surface area contributed by atoms with Crippen molar-refractivity contribution in [2.24, 2.45) is 0 Å². The Morgan fingerprint density at radius 2 is 2.06 bits per heavy atom. The molecule has 2 heterocycles. The van der Waals surface area contributed by atoms with Crippen molar-refractivity contribution < 1.29 is 14.1 Å². The van der Waals surface area contributed by atoms with E-state index in [1.807, 2.05) is 35.8 Å². The van der Waals surface area contributed by atoms with Crippen LogP contribution in [-0.4, -0.2) is 31.3 Å². The largest absolute Gasteiger partial charge is 0.453 e. The molecule has 0 aliphatic rings. The van der Waals surface area contributed by atoms with Gasteiger partial charge in [0.15, 0.2) is 10.9 Å². The molecule has 11 heteroatoms. The van der Waals surface area contributed by atoms with Gasteiger partial charge in [0.25, 0.3) is 5.69 Å². The number of carbonyl (C=O) groups excluding carboxylic acids is 1. The van der Waals surface area contributed by atoms with Gasteiger partial charge in [0, 0.05) is 28.5 Å². The first-order valence-electron chi connectivity index (χ1n) is 9.66. The molecule has 2 aromatic carbocycles. The molecule has 0 saturated carbocycles. The number of thioether (sulfide) groups is 1. The lowest BCUT2D eigenvalue weighted by molar-refractivity contribution is -0.384. The number of nitrogens with one attached hydrogen (secondary N) is 1. The number of nitrogens with zero attached hydrogens (tertiary/aromatic N) is 4. The summed E-state index contributed by atoms with van der Waals surface area (Å²) in [6.45, 7) is 4.33. The third kappa shape index (κ3) is 4.53. The van der Waals surface area contributed by atoms with Crippen molar-refractivity contribution >= 4 is 55.9 Å². The van der Waals surface area contributed by atoms with E-state index in [0.29, 0.717) is 29.0 Å². The number of non-ortho nitro benzene ring substituents is 1. The van der Waals surface area contributed by atoms with Crippen molar-refractivity contribution in [1.29, 1.82) is 0 Å². The van der Waals surface area contributed by atoms with E-state index in [1.165, 1.54) is 23.9 Å². The van der Waals surface area contributed by atoms with E-state index in [9.17, 15) is 14.9 Å². The van der Waals surface area contributed by atoms with Crippen LogP contribution in [0.2, 0.25) is 0 Å². The van der Waals surface area contributed by atoms with Gasteiger partial charge < -0.3 is 9.73 Å². The lowest BCUT2D eigenvalue weighted by Gasteiger charge is -2.09. The number of aromatic nitrogens is 3. The number of amides is 1. The van der Waals surface area contributed by atoms with Gasteiger partial charge in [0.05, 0.1) is 16.4 Å². The fourth-order valence-electron chi connectivity index (χ4n) is 3.16. The molecule has 0 saturated heterocycles. The van der Waals surface area contributed by atoms with Crippen LogP contribution in [0.25, 0.3) is 22.6 Å². The zero-order chi connectivity index (χ0) is 22.8. The van der Waals surface area contributed by atoms with E-state index in [0.717, 1.165) is 21.0 Å². The number of hydrogen-bond donors (Lipinski definition) is 1. The molecule has 2 aromatic heterocycles. The van der Waals surface area contributed by atoms with Gasteiger partial charge in [-0.25, -0.2) is 0 Å². The zero-order valence-electron chi connectivity index (χ0n) is 17.2. The summed E-state index contributed by atoms with van der Waals surface area (Å²) < 4.78 is 8.76. The second kappa shape index (κ2) is 9.13. The highest BCUT2D eigenvalue weighted by Gasteiger charge is 2.18. The Balaban J connectivity index is 1.49. The highest BCUT2D eigenvalue weighted by Crippen LogP contribution is 2.31. The van der Waals surface area contributed by atoms with Crippen LogP contribution in [-0.2, 0) is 11.3 Å².